The maximum absolute atomic E-state index is 13.2. The van der Waals surface area contributed by atoms with E-state index in [1.54, 1.807) is 7.05 Å². The zero-order valence-electron chi connectivity index (χ0n) is 22.7. The Morgan fingerprint density at radius 1 is 1.15 bits per heavy atom. The Morgan fingerprint density at radius 2 is 1.70 bits per heavy atom. The number of carbonyl (C=O) groups is 3. The minimum absolute atomic E-state index is 0.0998. The Balaban J connectivity index is 0.00000322. The van der Waals surface area contributed by atoms with Gasteiger partial charge >= 0.3 is 5.97 Å². The number of likely N-dealkylation sites (N-methyl/N-ethyl adjacent to an activating group) is 1. The fraction of sp³-hybridized carbons (Fsp3) is 0.808. The van der Waals surface area contributed by atoms with E-state index < -0.39 is 17.4 Å². The minimum Gasteiger partial charge on any atom is -0.478 e. The predicted octanol–water partition coefficient (Wildman–Crippen LogP) is 4.32. The van der Waals surface area contributed by atoms with E-state index in [2.05, 4.69) is 44.8 Å². The topological polar surface area (TPSA) is 90.0 Å². The largest absolute Gasteiger partial charge is 0.478 e. The summed E-state index contributed by atoms with van der Waals surface area (Å²) in [7, 11) is 1.63. The molecule has 1 aliphatic rings. The Morgan fingerprint density at radius 3 is 2.12 bits per heavy atom. The Kier molecular flexibility index (Phi) is 13.6. The van der Waals surface area contributed by atoms with Gasteiger partial charge in [-0.2, -0.15) is 0 Å². The number of nitrogens with one attached hydrogen (secondary N) is 1. The average molecular weight is 468 g/mol. The van der Waals surface area contributed by atoms with E-state index in [0.717, 1.165) is 25.8 Å². The van der Waals surface area contributed by atoms with Crippen molar-refractivity contribution in [3.63, 3.8) is 0 Å². The van der Waals surface area contributed by atoms with Gasteiger partial charge in [-0.25, -0.2) is 4.79 Å². The van der Waals surface area contributed by atoms with Crippen molar-refractivity contribution >= 4 is 17.8 Å². The molecule has 0 aromatic rings. The Labute approximate surface area is 202 Å². The van der Waals surface area contributed by atoms with Crippen LogP contribution in [0.1, 0.15) is 88.0 Å². The van der Waals surface area contributed by atoms with Gasteiger partial charge in [-0.3, -0.25) is 14.5 Å². The number of amides is 2. The van der Waals surface area contributed by atoms with E-state index in [0.29, 0.717) is 5.92 Å². The van der Waals surface area contributed by atoms with Crippen LogP contribution in [0.5, 0.6) is 0 Å². The van der Waals surface area contributed by atoms with Crippen molar-refractivity contribution < 1.29 is 19.5 Å². The third-order valence-corrected chi connectivity index (χ3v) is 6.05. The summed E-state index contributed by atoms with van der Waals surface area (Å²) < 4.78 is 0. The molecule has 2 amide bonds. The maximum atomic E-state index is 13.2. The lowest BCUT2D eigenvalue weighted by atomic mass is 9.84. The summed E-state index contributed by atoms with van der Waals surface area (Å²) in [5.41, 5.74) is -0.290. The predicted molar refractivity (Wildman–Crippen MR) is 135 cm³/mol. The first kappa shape index (κ1) is 31.1. The molecule has 33 heavy (non-hydrogen) atoms. The number of likely N-dealkylation sites (tertiary alicyclic amines) is 1. The standard InChI is InChI=1S/C23H41N3O4.C3H8/c1-9-17-10-11-18(26(14-17)15(2)3)20(27)24-19(23(5,6)7)21(28)25(8)13-12-16(4)22(29)30;1-3-2/h12,15,17-19H,9-11,13-14H2,1-8H3,(H,24,27)(H,29,30);3H2,1-2H3/b16-12+;/t17-,18-,19?;/m0./s1. The number of carboxylic acid groups (broad SMARTS) is 1. The fourth-order valence-corrected chi connectivity index (χ4v) is 3.82. The van der Waals surface area contributed by atoms with Crippen molar-refractivity contribution in [1.82, 2.24) is 15.1 Å². The van der Waals surface area contributed by atoms with Gasteiger partial charge < -0.3 is 15.3 Å². The normalized spacial score (nSPS) is 20.5. The van der Waals surface area contributed by atoms with Gasteiger partial charge in [0.2, 0.25) is 11.8 Å². The van der Waals surface area contributed by atoms with E-state index >= 15 is 0 Å². The number of nitrogens with zero attached hydrogens (tertiary/aromatic N) is 2. The SMILES string of the molecule is CCC.CC[C@H]1CC[C@@H](C(=O)NC(C(=O)N(C)C/C=C(\C)C(=O)O)C(C)(C)C)N(C(C)C)C1. The highest BCUT2D eigenvalue weighted by atomic mass is 16.4. The highest BCUT2D eigenvalue weighted by molar-refractivity contribution is 5.90. The fourth-order valence-electron chi connectivity index (χ4n) is 3.82. The van der Waals surface area contributed by atoms with Gasteiger partial charge in [0.25, 0.3) is 0 Å². The van der Waals surface area contributed by atoms with E-state index in [1.165, 1.54) is 24.3 Å². The van der Waals surface area contributed by atoms with Crippen LogP contribution in [-0.2, 0) is 14.4 Å². The summed E-state index contributed by atoms with van der Waals surface area (Å²) in [6.07, 6.45) is 5.68. The molecule has 1 saturated heterocycles. The van der Waals surface area contributed by atoms with Gasteiger partial charge in [0.05, 0.1) is 6.04 Å². The zero-order valence-corrected chi connectivity index (χ0v) is 22.7. The first-order valence-electron chi connectivity index (χ1n) is 12.4. The van der Waals surface area contributed by atoms with E-state index in [9.17, 15) is 14.4 Å². The molecule has 1 unspecified atom stereocenters. The van der Waals surface area contributed by atoms with Gasteiger partial charge in [-0.1, -0.05) is 60.5 Å². The van der Waals surface area contributed by atoms with Gasteiger partial charge in [-0.15, -0.1) is 0 Å². The lowest BCUT2D eigenvalue weighted by Crippen LogP contribution is -2.60. The molecular weight excluding hydrogens is 418 g/mol. The Hall–Kier alpha value is -1.89. The van der Waals surface area contributed by atoms with Crippen LogP contribution in [0.4, 0.5) is 0 Å². The third-order valence-electron chi connectivity index (χ3n) is 6.05. The Bertz CT molecular complexity index is 667. The number of carboxylic acids is 1. The van der Waals surface area contributed by atoms with Gasteiger partial charge in [0, 0.05) is 31.8 Å². The lowest BCUT2D eigenvalue weighted by Gasteiger charge is -2.42. The molecule has 3 atom stereocenters. The molecule has 2 N–H and O–H groups in total. The van der Waals surface area contributed by atoms with Crippen LogP contribution >= 0.6 is 0 Å². The van der Waals surface area contributed by atoms with E-state index in [4.69, 9.17) is 5.11 Å². The molecule has 192 valence electrons. The van der Waals surface area contributed by atoms with Crippen molar-refractivity contribution in [3.05, 3.63) is 11.6 Å². The average Bonchev–Trinajstić information content (AvgIpc) is 2.73. The van der Waals surface area contributed by atoms with Crippen molar-refractivity contribution in [3.8, 4) is 0 Å². The molecule has 0 radical (unpaired) electrons. The summed E-state index contributed by atoms with van der Waals surface area (Å²) in [4.78, 5) is 41.1. The summed E-state index contributed by atoms with van der Waals surface area (Å²) >= 11 is 0. The third kappa shape index (κ3) is 10.3. The van der Waals surface area contributed by atoms with Crippen molar-refractivity contribution in [2.75, 3.05) is 20.1 Å². The molecule has 0 spiro atoms. The van der Waals surface area contributed by atoms with E-state index in [1.807, 2.05) is 20.8 Å². The smallest absolute Gasteiger partial charge is 0.331 e. The highest BCUT2D eigenvalue weighted by Crippen LogP contribution is 2.27. The maximum Gasteiger partial charge on any atom is 0.331 e. The second kappa shape index (κ2) is 14.4. The van der Waals surface area contributed by atoms with Crippen molar-refractivity contribution in [2.45, 2.75) is 106 Å². The molecule has 0 saturated carbocycles. The number of hydrogen-bond acceptors (Lipinski definition) is 4. The van der Waals surface area contributed by atoms with Crippen LogP contribution in [-0.4, -0.2) is 71.0 Å². The van der Waals surface area contributed by atoms with E-state index in [-0.39, 0.29) is 36.0 Å². The second-order valence-corrected chi connectivity index (χ2v) is 10.6. The zero-order chi connectivity index (χ0) is 25.9. The lowest BCUT2D eigenvalue weighted by molar-refractivity contribution is -0.140. The monoisotopic (exact) mass is 467 g/mol. The second-order valence-electron chi connectivity index (χ2n) is 10.6. The van der Waals surface area contributed by atoms with Crippen LogP contribution in [0.15, 0.2) is 11.6 Å². The quantitative estimate of drug-likeness (QED) is 0.519. The first-order chi connectivity index (χ1) is 15.2. The molecule has 7 nitrogen and oxygen atoms in total. The molecule has 0 aromatic carbocycles. The molecule has 0 aromatic heterocycles. The molecular formula is C26H49N3O4. The molecule has 7 heteroatoms. The summed E-state index contributed by atoms with van der Waals surface area (Å²) in [5, 5.41) is 12.0. The van der Waals surface area contributed by atoms with Crippen LogP contribution in [0.3, 0.4) is 0 Å². The van der Waals surface area contributed by atoms with Crippen LogP contribution in [0, 0.1) is 11.3 Å². The van der Waals surface area contributed by atoms with Crippen molar-refractivity contribution in [1.29, 1.82) is 0 Å². The molecule has 1 aliphatic heterocycles. The number of aliphatic carboxylic acids is 1. The summed E-state index contributed by atoms with van der Waals surface area (Å²) in [5.74, 6) is -0.722. The number of piperidine rings is 1. The molecule has 1 heterocycles. The number of hydrogen-bond donors (Lipinski definition) is 2. The van der Waals surface area contributed by atoms with Gasteiger partial charge in [-0.05, 0) is 44.9 Å². The highest BCUT2D eigenvalue weighted by Gasteiger charge is 2.39. The molecule has 0 aliphatic carbocycles. The minimum atomic E-state index is -1.01. The van der Waals surface area contributed by atoms with Gasteiger partial charge in [0.15, 0.2) is 0 Å². The number of rotatable bonds is 8. The van der Waals surface area contributed by atoms with Crippen molar-refractivity contribution in [2.24, 2.45) is 11.3 Å². The van der Waals surface area contributed by atoms with Crippen LogP contribution in [0.25, 0.3) is 0 Å². The number of carbonyl (C=O) groups excluding carboxylic acids is 2. The van der Waals surface area contributed by atoms with Crippen LogP contribution in [0.2, 0.25) is 0 Å². The molecule has 0 bridgehead atoms. The van der Waals surface area contributed by atoms with Gasteiger partial charge in [0.1, 0.15) is 6.04 Å². The summed E-state index contributed by atoms with van der Waals surface area (Å²) in [6, 6.07) is -0.665. The summed E-state index contributed by atoms with van der Waals surface area (Å²) in [6.45, 7) is 19.0. The first-order valence-corrected chi connectivity index (χ1v) is 12.4. The molecule has 1 rings (SSSR count). The molecule has 1 fully saturated rings. The van der Waals surface area contributed by atoms with Crippen LogP contribution < -0.4 is 5.32 Å².